The highest BCUT2D eigenvalue weighted by atomic mass is 15.0. The van der Waals surface area contributed by atoms with Crippen molar-refractivity contribution in [1.82, 2.24) is 29.1 Å². The molecule has 0 amide bonds. The van der Waals surface area contributed by atoms with Crippen molar-refractivity contribution in [2.24, 2.45) is 0 Å². The molecule has 6 heteroatoms. The minimum absolute atomic E-state index is 0.137. The molecule has 0 radical (unpaired) electrons. The Hall–Kier alpha value is -17.1. The Balaban J connectivity index is 0.000000140. The smallest absolute Gasteiger partial charge is 0.160 e. The van der Waals surface area contributed by atoms with Crippen LogP contribution in [0.3, 0.4) is 0 Å². The lowest BCUT2D eigenvalue weighted by Gasteiger charge is -2.30. The van der Waals surface area contributed by atoms with Crippen molar-refractivity contribution in [2.45, 2.75) is 43.9 Å². The molecule has 0 unspecified atom stereocenters. The lowest BCUT2D eigenvalue weighted by atomic mass is 9.70. The lowest BCUT2D eigenvalue weighted by Crippen LogP contribution is -2.25. The normalized spacial score (nSPS) is 13.4. The molecule has 0 atom stereocenters. The predicted molar refractivity (Wildman–Crippen MR) is 559 cm³/mol. The van der Waals surface area contributed by atoms with E-state index in [1.165, 1.54) is 155 Å². The molecule has 27 rings (SSSR count). The molecule has 0 fully saturated rings. The molecule has 1 spiro atoms. The van der Waals surface area contributed by atoms with Crippen LogP contribution in [0.25, 0.3) is 212 Å². The summed E-state index contributed by atoms with van der Waals surface area (Å²) in [4.78, 5) is 21.8. The van der Waals surface area contributed by atoms with Gasteiger partial charge in [-0.25, -0.2) is 19.9 Å². The first-order valence-corrected chi connectivity index (χ1v) is 46.8. The Morgan fingerprint density at radius 2 is 0.452 bits per heavy atom. The Kier molecular flexibility index (Phi) is 18.2. The number of rotatable bonds is 12. The highest BCUT2D eigenvalue weighted by Gasteiger charge is 2.52. The maximum absolute atomic E-state index is 5.50. The zero-order valence-electron chi connectivity index (χ0n) is 75.1. The molecule has 6 nitrogen and oxygen atoms in total. The van der Waals surface area contributed by atoms with E-state index < -0.39 is 5.41 Å². The largest absolute Gasteiger partial charge is 0.309 e. The van der Waals surface area contributed by atoms with Crippen LogP contribution in [-0.2, 0) is 16.2 Å². The van der Waals surface area contributed by atoms with Gasteiger partial charge in [0.05, 0.1) is 50.3 Å². The zero-order chi connectivity index (χ0) is 89.8. The highest BCUT2D eigenvalue weighted by Crippen LogP contribution is 2.64. The van der Waals surface area contributed by atoms with Gasteiger partial charge in [0.1, 0.15) is 0 Å². The molecule has 4 aliphatic carbocycles. The fourth-order valence-electron chi connectivity index (χ4n) is 22.9. The lowest BCUT2D eigenvalue weighted by molar-refractivity contribution is 0.660. The van der Waals surface area contributed by atoms with Crippen LogP contribution in [0.2, 0.25) is 0 Å². The van der Waals surface area contributed by atoms with E-state index in [2.05, 4.69) is 498 Å². The molecule has 23 aromatic rings. The second kappa shape index (κ2) is 31.1. The van der Waals surface area contributed by atoms with Crippen molar-refractivity contribution >= 4 is 43.6 Å². The van der Waals surface area contributed by atoms with E-state index in [1.54, 1.807) is 0 Å². The molecule has 19 aromatic carbocycles. The van der Waals surface area contributed by atoms with Gasteiger partial charge in [0, 0.05) is 77.1 Å². The third-order valence-corrected chi connectivity index (χ3v) is 29.3. The summed E-state index contributed by atoms with van der Waals surface area (Å²) in [5.41, 5.74) is 46.3. The van der Waals surface area contributed by atoms with Crippen LogP contribution >= 0.6 is 0 Å². The van der Waals surface area contributed by atoms with Crippen LogP contribution in [0.5, 0.6) is 0 Å². The summed E-state index contributed by atoms with van der Waals surface area (Å²) in [6.07, 6.45) is 0. The first-order chi connectivity index (χ1) is 66.4. The summed E-state index contributed by atoms with van der Waals surface area (Å²) < 4.78 is 4.80. The Morgan fingerprint density at radius 1 is 0.170 bits per heavy atom. The average Bonchev–Trinajstić information content (AvgIpc) is 1.43. The van der Waals surface area contributed by atoms with Gasteiger partial charge in [-0.05, 0) is 237 Å². The van der Waals surface area contributed by atoms with E-state index in [1.807, 2.05) is 0 Å². The van der Waals surface area contributed by atoms with Crippen LogP contribution < -0.4 is 0 Å². The topological polar surface area (TPSA) is 61.4 Å². The summed E-state index contributed by atoms with van der Waals surface area (Å²) in [5, 5.41) is 4.85. The fourth-order valence-corrected chi connectivity index (χ4v) is 22.9. The van der Waals surface area contributed by atoms with E-state index in [0.717, 1.165) is 89.7 Å². The third-order valence-electron chi connectivity index (χ3n) is 29.3. The molecule has 0 saturated carbocycles. The molecule has 0 N–H and O–H groups in total. The number of nitrogens with zero attached hydrogens (tertiary/aromatic N) is 6. The quantitative estimate of drug-likeness (QED) is 0.122. The van der Waals surface area contributed by atoms with Gasteiger partial charge in [-0.15, -0.1) is 0 Å². The molecule has 0 aliphatic heterocycles. The first-order valence-electron chi connectivity index (χ1n) is 46.8. The average molecular weight is 1720 g/mol. The van der Waals surface area contributed by atoms with E-state index in [4.69, 9.17) is 19.9 Å². The summed E-state index contributed by atoms with van der Waals surface area (Å²) in [5.74, 6) is 1.38. The molecular weight excluding hydrogens is 1630 g/mol. The maximum atomic E-state index is 5.50. The third kappa shape index (κ3) is 12.5. The molecule has 634 valence electrons. The molecular formula is C129H88N6. The van der Waals surface area contributed by atoms with Crippen LogP contribution in [0.1, 0.15) is 72.2 Å². The predicted octanol–water partition coefficient (Wildman–Crippen LogP) is 32.8. The number of hydrogen-bond donors (Lipinski definition) is 0. The second-order valence-corrected chi connectivity index (χ2v) is 37.4. The number of benzene rings is 19. The van der Waals surface area contributed by atoms with Crippen molar-refractivity contribution < 1.29 is 0 Å². The number of aromatic nitrogens is 6. The van der Waals surface area contributed by atoms with Gasteiger partial charge >= 0.3 is 0 Å². The van der Waals surface area contributed by atoms with E-state index >= 15 is 0 Å². The van der Waals surface area contributed by atoms with Gasteiger partial charge in [-0.2, -0.15) is 0 Å². The molecule has 0 bridgehead atoms. The van der Waals surface area contributed by atoms with Gasteiger partial charge in [-0.1, -0.05) is 386 Å². The van der Waals surface area contributed by atoms with E-state index in [9.17, 15) is 0 Å². The van der Waals surface area contributed by atoms with Crippen molar-refractivity contribution in [3.63, 3.8) is 0 Å². The Bertz CT molecular complexity index is 8590. The molecule has 4 aromatic heterocycles. The van der Waals surface area contributed by atoms with Crippen LogP contribution in [0, 0.1) is 0 Å². The first kappa shape index (κ1) is 78.9. The summed E-state index contributed by atoms with van der Waals surface area (Å²) in [7, 11) is 0. The van der Waals surface area contributed by atoms with Crippen molar-refractivity contribution in [2.75, 3.05) is 0 Å². The number of fused-ring (bicyclic) bond motifs is 22. The van der Waals surface area contributed by atoms with Gasteiger partial charge in [0.2, 0.25) is 0 Å². The number of para-hydroxylation sites is 2. The zero-order valence-corrected chi connectivity index (χ0v) is 75.1. The highest BCUT2D eigenvalue weighted by molar-refractivity contribution is 6.18. The van der Waals surface area contributed by atoms with Crippen LogP contribution in [0.15, 0.2) is 461 Å². The van der Waals surface area contributed by atoms with Crippen molar-refractivity contribution in [1.29, 1.82) is 0 Å². The summed E-state index contributed by atoms with van der Waals surface area (Å²) >= 11 is 0. The summed E-state index contributed by atoms with van der Waals surface area (Å²) in [6.45, 7) is 9.37. The molecule has 4 aliphatic rings. The minimum Gasteiger partial charge on any atom is -0.309 e. The Morgan fingerprint density at radius 3 is 0.844 bits per heavy atom. The SMILES string of the molecule is CC1(C)c2ccccc2-c2ccc(-c3cc(-c4ccc5c(c4)C(C)(C)c4ccccc4-5)nc(-c4cccc(-c5cccc6c5c5cc(-c7ccccc7)ccc5n6-c5ccccc5)c4)n3)cc21.c1ccc(-c2ccc3c(c2)c2c(-c4cccc(-c5nc(-c6ccccc6)cc(-c6ccc7c(c6)C6(c8ccccc8-c8ccccc86)c6ccccc6-7)n5)c4)cccc2n3-c2ccccc2)cc1. The van der Waals surface area contributed by atoms with Crippen molar-refractivity contribution in [3.05, 3.63) is 506 Å². The maximum Gasteiger partial charge on any atom is 0.160 e. The van der Waals surface area contributed by atoms with E-state index in [-0.39, 0.29) is 10.8 Å². The van der Waals surface area contributed by atoms with Gasteiger partial charge in [0.15, 0.2) is 11.6 Å². The summed E-state index contributed by atoms with van der Waals surface area (Å²) in [6, 6.07) is 168. The molecule has 135 heavy (non-hydrogen) atoms. The van der Waals surface area contributed by atoms with Gasteiger partial charge in [0.25, 0.3) is 0 Å². The van der Waals surface area contributed by atoms with Gasteiger partial charge < -0.3 is 9.13 Å². The second-order valence-electron chi connectivity index (χ2n) is 37.4. The minimum atomic E-state index is -0.450. The van der Waals surface area contributed by atoms with E-state index in [0.29, 0.717) is 11.6 Å². The van der Waals surface area contributed by atoms with Gasteiger partial charge in [-0.3, -0.25) is 0 Å². The number of hydrogen-bond acceptors (Lipinski definition) is 4. The standard InChI is InChI=1S/C65H41N3.C64H47N3/c1-4-18-42(19-5-1)44-35-37-61-54(39-44)63-49(29-17-33-62(63)68(61)48-24-8-3-9-25-48)45-22-16-23-47(38-45)64-66-59(43-20-6-2-7-21-43)41-60(67-64)46-34-36-53-52-28-12-15-32-57(52)65(58(53)40-46)55-30-13-10-26-50(55)51-27-11-14-31-56(51)65;1-63(2)53-26-13-11-23-48(53)50-32-29-43(37-55(50)63)57-39-58(44-30-33-51-49-24-12-14-27-54(49)64(3,4)56(51)38-44)66-62(65-57)45-20-15-19-42(35-45)47-25-16-28-60-61(47)52-36-41(40-17-7-5-8-18-40)31-34-59(52)67(60)46-21-9-6-10-22-46/h1-41H;5-39H,1-4H3. The monoisotopic (exact) mass is 1720 g/mol. The molecule has 0 saturated heterocycles. The fraction of sp³-hybridized carbons (Fsp3) is 0.0543. The van der Waals surface area contributed by atoms with Crippen LogP contribution in [-0.4, -0.2) is 29.1 Å². The van der Waals surface area contributed by atoms with Crippen molar-refractivity contribution in [3.8, 4) is 168 Å². The van der Waals surface area contributed by atoms with Crippen LogP contribution in [0.4, 0.5) is 0 Å². The Labute approximate surface area is 784 Å². The molecule has 4 heterocycles.